The largest absolute Gasteiger partial charge is 0.493 e. The molecule has 0 aromatic heterocycles. The molecule has 0 radical (unpaired) electrons. The zero-order valence-electron chi connectivity index (χ0n) is 14.4. The van der Waals surface area contributed by atoms with Gasteiger partial charge in [-0.05, 0) is 30.7 Å². The van der Waals surface area contributed by atoms with Gasteiger partial charge in [0.2, 0.25) is 0 Å². The van der Waals surface area contributed by atoms with Crippen molar-refractivity contribution >= 4 is 5.91 Å². The van der Waals surface area contributed by atoms with E-state index in [-0.39, 0.29) is 13.1 Å². The number of benzene rings is 2. The molecule has 0 heterocycles. The van der Waals surface area contributed by atoms with Gasteiger partial charge in [0, 0.05) is 13.1 Å². The second-order valence-electron chi connectivity index (χ2n) is 5.36. The topological polar surface area (TPSA) is 38.8 Å². The molecule has 0 saturated heterocycles. The molecule has 26 heavy (non-hydrogen) atoms. The van der Waals surface area contributed by atoms with E-state index in [1.807, 2.05) is 0 Å². The molecule has 2 rings (SSSR count). The highest BCUT2D eigenvalue weighted by Gasteiger charge is 2.26. The van der Waals surface area contributed by atoms with Gasteiger partial charge in [-0.2, -0.15) is 0 Å². The zero-order chi connectivity index (χ0) is 19.4. The van der Waals surface area contributed by atoms with E-state index in [4.69, 9.17) is 9.47 Å². The molecule has 0 aliphatic carbocycles. The third kappa shape index (κ3) is 3.74. The molecule has 2 aromatic carbocycles. The lowest BCUT2D eigenvalue weighted by molar-refractivity contribution is 0.0745. The number of amides is 1. The molecule has 0 aliphatic rings. The van der Waals surface area contributed by atoms with Gasteiger partial charge >= 0.3 is 0 Å². The predicted molar refractivity (Wildman–Crippen MR) is 86.2 cm³/mol. The fourth-order valence-electron chi connectivity index (χ4n) is 2.43. The number of carbonyl (C=O) groups excluding carboxylic acids is 1. The van der Waals surface area contributed by atoms with Crippen LogP contribution in [0.5, 0.6) is 11.5 Å². The highest BCUT2D eigenvalue weighted by molar-refractivity contribution is 5.94. The molecule has 0 atom stereocenters. The normalized spacial score (nSPS) is 10.6. The highest BCUT2D eigenvalue weighted by Crippen LogP contribution is 2.28. The van der Waals surface area contributed by atoms with Gasteiger partial charge in [-0.1, -0.05) is 6.07 Å². The van der Waals surface area contributed by atoms with Crippen LogP contribution in [0.15, 0.2) is 24.3 Å². The van der Waals surface area contributed by atoms with Crippen LogP contribution in [0.1, 0.15) is 22.8 Å². The highest BCUT2D eigenvalue weighted by atomic mass is 19.2. The Morgan fingerprint density at radius 2 is 1.62 bits per heavy atom. The molecule has 0 bridgehead atoms. The maximum atomic E-state index is 13.9. The smallest absolute Gasteiger partial charge is 0.257 e. The van der Waals surface area contributed by atoms with Crippen molar-refractivity contribution < 1.29 is 31.8 Å². The minimum Gasteiger partial charge on any atom is -0.493 e. The number of nitrogens with zero attached hydrogens (tertiary/aromatic N) is 1. The van der Waals surface area contributed by atoms with Crippen LogP contribution in [-0.4, -0.2) is 31.6 Å². The Labute approximate surface area is 147 Å². The van der Waals surface area contributed by atoms with Crippen LogP contribution in [0.25, 0.3) is 0 Å². The average Bonchev–Trinajstić information content (AvgIpc) is 2.66. The van der Waals surface area contributed by atoms with Gasteiger partial charge in [-0.25, -0.2) is 17.6 Å². The van der Waals surface area contributed by atoms with Crippen molar-refractivity contribution in [2.24, 2.45) is 0 Å². The first-order valence-corrected chi connectivity index (χ1v) is 7.67. The van der Waals surface area contributed by atoms with E-state index in [0.29, 0.717) is 23.1 Å². The number of halogens is 4. The Bertz CT molecular complexity index is 827. The van der Waals surface area contributed by atoms with Crippen molar-refractivity contribution in [2.45, 2.75) is 13.5 Å². The van der Waals surface area contributed by atoms with E-state index in [2.05, 4.69) is 0 Å². The summed E-state index contributed by atoms with van der Waals surface area (Å²) in [7, 11) is 2.92. The van der Waals surface area contributed by atoms with Gasteiger partial charge in [-0.3, -0.25) is 4.79 Å². The molecular formula is C18H17F4NO3. The molecule has 0 aliphatic heterocycles. The molecule has 2 aromatic rings. The standard InChI is InChI=1S/C18H17F4NO3/c1-4-23(9-10-5-6-13(25-2)14(7-10)26-3)18(24)11-8-12(19)16(21)17(22)15(11)20/h5-8H,4,9H2,1-3H3. The van der Waals surface area contributed by atoms with Gasteiger partial charge in [0.25, 0.3) is 5.91 Å². The number of ether oxygens (including phenoxy) is 2. The summed E-state index contributed by atoms with van der Waals surface area (Å²) in [5, 5.41) is 0. The first-order valence-electron chi connectivity index (χ1n) is 7.67. The second kappa shape index (κ2) is 8.07. The molecule has 8 heteroatoms. The number of rotatable bonds is 6. The average molecular weight is 371 g/mol. The van der Waals surface area contributed by atoms with Crippen LogP contribution < -0.4 is 9.47 Å². The Morgan fingerprint density at radius 3 is 2.19 bits per heavy atom. The van der Waals surface area contributed by atoms with E-state index in [1.165, 1.54) is 14.2 Å². The summed E-state index contributed by atoms with van der Waals surface area (Å²) in [5.41, 5.74) is -0.245. The van der Waals surface area contributed by atoms with Crippen molar-refractivity contribution in [3.63, 3.8) is 0 Å². The summed E-state index contributed by atoms with van der Waals surface area (Å²) >= 11 is 0. The van der Waals surface area contributed by atoms with Crippen molar-refractivity contribution in [2.75, 3.05) is 20.8 Å². The molecule has 1 amide bonds. The van der Waals surface area contributed by atoms with E-state index in [1.54, 1.807) is 25.1 Å². The van der Waals surface area contributed by atoms with Crippen molar-refractivity contribution in [3.05, 3.63) is 58.7 Å². The number of methoxy groups -OCH3 is 2. The summed E-state index contributed by atoms with van der Waals surface area (Å²) < 4.78 is 64.0. The van der Waals surface area contributed by atoms with Crippen molar-refractivity contribution in [1.29, 1.82) is 0 Å². The summed E-state index contributed by atoms with van der Waals surface area (Å²) in [6, 6.07) is 5.27. The van der Waals surface area contributed by atoms with Gasteiger partial charge in [0.05, 0.1) is 19.8 Å². The van der Waals surface area contributed by atoms with Crippen molar-refractivity contribution in [3.8, 4) is 11.5 Å². The van der Waals surface area contributed by atoms with Crippen LogP contribution >= 0.6 is 0 Å². The fraction of sp³-hybridized carbons (Fsp3) is 0.278. The first-order chi connectivity index (χ1) is 12.3. The molecule has 4 nitrogen and oxygen atoms in total. The molecule has 0 saturated carbocycles. The second-order valence-corrected chi connectivity index (χ2v) is 5.36. The fourth-order valence-corrected chi connectivity index (χ4v) is 2.43. The maximum absolute atomic E-state index is 13.9. The summed E-state index contributed by atoms with van der Waals surface area (Å²) in [6.45, 7) is 1.77. The minimum atomic E-state index is -2.02. The van der Waals surface area contributed by atoms with Crippen LogP contribution in [0.4, 0.5) is 17.6 Å². The summed E-state index contributed by atoms with van der Waals surface area (Å²) in [6.07, 6.45) is 0. The van der Waals surface area contributed by atoms with E-state index in [9.17, 15) is 22.4 Å². The van der Waals surface area contributed by atoms with E-state index in [0.717, 1.165) is 4.90 Å². The lowest BCUT2D eigenvalue weighted by Crippen LogP contribution is -2.31. The molecule has 0 N–H and O–H groups in total. The van der Waals surface area contributed by atoms with Crippen LogP contribution in [0, 0.1) is 23.3 Å². The van der Waals surface area contributed by atoms with E-state index < -0.39 is 34.7 Å². The molecule has 0 fully saturated rings. The Hall–Kier alpha value is -2.77. The van der Waals surface area contributed by atoms with E-state index >= 15 is 0 Å². The molecule has 0 unspecified atom stereocenters. The number of hydrogen-bond acceptors (Lipinski definition) is 3. The maximum Gasteiger partial charge on any atom is 0.257 e. The van der Waals surface area contributed by atoms with Gasteiger partial charge in [-0.15, -0.1) is 0 Å². The van der Waals surface area contributed by atoms with Gasteiger partial charge in [0.1, 0.15) is 0 Å². The predicted octanol–water partition coefficient (Wildman–Crippen LogP) is 3.92. The lowest BCUT2D eigenvalue weighted by atomic mass is 10.1. The number of hydrogen-bond donors (Lipinski definition) is 0. The zero-order valence-corrected chi connectivity index (χ0v) is 14.4. The van der Waals surface area contributed by atoms with Crippen molar-refractivity contribution in [1.82, 2.24) is 4.90 Å². The van der Waals surface area contributed by atoms with Gasteiger partial charge in [0.15, 0.2) is 34.8 Å². The Morgan fingerprint density at radius 1 is 0.962 bits per heavy atom. The Balaban J connectivity index is 2.33. The monoisotopic (exact) mass is 371 g/mol. The molecular weight excluding hydrogens is 354 g/mol. The number of carbonyl (C=O) groups is 1. The SMILES string of the molecule is CCN(Cc1ccc(OC)c(OC)c1)C(=O)c1cc(F)c(F)c(F)c1F. The minimum absolute atomic E-state index is 0.0236. The molecule has 0 spiro atoms. The third-order valence-corrected chi connectivity index (χ3v) is 3.82. The van der Waals surface area contributed by atoms with Crippen LogP contribution in [0.2, 0.25) is 0 Å². The summed E-state index contributed by atoms with van der Waals surface area (Å²) in [4.78, 5) is 13.6. The quantitative estimate of drug-likeness (QED) is 0.439. The first kappa shape index (κ1) is 19.6. The van der Waals surface area contributed by atoms with Crippen LogP contribution in [-0.2, 0) is 6.54 Å². The molecule has 140 valence electrons. The third-order valence-electron chi connectivity index (χ3n) is 3.82. The van der Waals surface area contributed by atoms with Gasteiger partial charge < -0.3 is 14.4 Å². The van der Waals surface area contributed by atoms with Crippen LogP contribution in [0.3, 0.4) is 0 Å². The Kier molecular flexibility index (Phi) is 6.07. The summed E-state index contributed by atoms with van der Waals surface area (Å²) in [5.74, 6) is -7.37. The lowest BCUT2D eigenvalue weighted by Gasteiger charge is -2.22.